The monoisotopic (exact) mass is 393 g/mol. The predicted molar refractivity (Wildman–Crippen MR) is 86.4 cm³/mol. The van der Waals surface area contributed by atoms with Crippen molar-refractivity contribution >= 4 is 33.2 Å². The Labute approximate surface area is 145 Å². The first kappa shape index (κ1) is 15.8. The van der Waals surface area contributed by atoms with E-state index in [9.17, 15) is 14.0 Å². The van der Waals surface area contributed by atoms with Crippen molar-refractivity contribution in [3.63, 3.8) is 0 Å². The lowest BCUT2D eigenvalue weighted by atomic mass is 9.71. The van der Waals surface area contributed by atoms with Crippen molar-refractivity contribution in [2.24, 2.45) is 10.9 Å². The molecule has 1 aromatic rings. The zero-order chi connectivity index (χ0) is 16.8. The number of carbonyl (C=O) groups excluding carboxylic acids is 2. The van der Waals surface area contributed by atoms with Crippen molar-refractivity contribution in [1.82, 2.24) is 0 Å². The number of rotatable bonds is 1. The molecule has 0 saturated carbocycles. The molecule has 7 heteroatoms. The number of fused-ring (bicyclic) bond motifs is 1. The zero-order valence-electron chi connectivity index (χ0n) is 12.6. The van der Waals surface area contributed by atoms with Crippen molar-refractivity contribution in [1.29, 1.82) is 0 Å². The molecule has 4 rings (SSSR count). The smallest absolute Gasteiger partial charge is 0.187 e. The van der Waals surface area contributed by atoms with E-state index in [1.54, 1.807) is 12.1 Å². The molecule has 0 aromatic heterocycles. The van der Waals surface area contributed by atoms with Crippen LogP contribution in [0.25, 0.3) is 0 Å². The average molecular weight is 394 g/mol. The van der Waals surface area contributed by atoms with E-state index in [4.69, 9.17) is 9.47 Å². The van der Waals surface area contributed by atoms with Gasteiger partial charge >= 0.3 is 0 Å². The van der Waals surface area contributed by atoms with Gasteiger partial charge in [0, 0.05) is 11.5 Å². The van der Waals surface area contributed by atoms with Crippen LogP contribution in [-0.2, 0) is 19.1 Å². The van der Waals surface area contributed by atoms with Crippen LogP contribution < -0.4 is 0 Å². The fourth-order valence-electron chi connectivity index (χ4n) is 3.51. The van der Waals surface area contributed by atoms with E-state index in [2.05, 4.69) is 20.9 Å². The Hall–Kier alpha value is -1.70. The number of nitrogens with zero attached hydrogens (tertiary/aromatic N) is 1. The van der Waals surface area contributed by atoms with Crippen LogP contribution in [0.4, 0.5) is 4.39 Å². The molecule has 24 heavy (non-hydrogen) atoms. The number of aliphatic imine (C=N–C) groups is 1. The molecule has 1 fully saturated rings. The first-order chi connectivity index (χ1) is 11.6. The van der Waals surface area contributed by atoms with E-state index in [-0.39, 0.29) is 38.0 Å². The van der Waals surface area contributed by atoms with Crippen molar-refractivity contribution in [2.45, 2.75) is 5.92 Å². The number of benzene rings is 1. The molecular formula is C17H13BrFNO4. The average Bonchev–Trinajstić information content (AvgIpc) is 2.56. The van der Waals surface area contributed by atoms with Crippen LogP contribution in [0.15, 0.2) is 38.9 Å². The molecule has 0 amide bonds. The second kappa shape index (κ2) is 5.98. The van der Waals surface area contributed by atoms with Crippen molar-refractivity contribution in [3.05, 3.63) is 45.3 Å². The van der Waals surface area contributed by atoms with Gasteiger partial charge in [-0.05, 0) is 33.6 Å². The number of ketones is 2. The lowest BCUT2D eigenvalue weighted by Gasteiger charge is -2.37. The number of Topliss-reactive ketones (excluding diaryl/α,β-unsaturated/α-hetero) is 2. The van der Waals surface area contributed by atoms with Crippen LogP contribution in [0.1, 0.15) is 11.5 Å². The molecule has 0 bridgehead atoms. The minimum absolute atomic E-state index is 0.00411. The summed E-state index contributed by atoms with van der Waals surface area (Å²) in [4.78, 5) is 29.4. The van der Waals surface area contributed by atoms with Crippen LogP contribution >= 0.6 is 15.9 Å². The fraction of sp³-hybridized carbons (Fsp3) is 0.353. The third kappa shape index (κ3) is 2.47. The molecule has 124 valence electrons. The van der Waals surface area contributed by atoms with Crippen LogP contribution in [0.5, 0.6) is 0 Å². The molecule has 3 aliphatic rings. The maximum absolute atomic E-state index is 13.6. The van der Waals surface area contributed by atoms with Crippen molar-refractivity contribution < 1.29 is 23.5 Å². The minimum atomic E-state index is -0.545. The Balaban J connectivity index is 1.91. The third-order valence-electron chi connectivity index (χ3n) is 4.51. The molecule has 2 atom stereocenters. The maximum atomic E-state index is 13.6. The van der Waals surface area contributed by atoms with Gasteiger partial charge in [0.2, 0.25) is 0 Å². The van der Waals surface area contributed by atoms with Gasteiger partial charge in [0.25, 0.3) is 0 Å². The maximum Gasteiger partial charge on any atom is 0.187 e. The van der Waals surface area contributed by atoms with Gasteiger partial charge in [0.1, 0.15) is 19.0 Å². The van der Waals surface area contributed by atoms with Gasteiger partial charge in [-0.3, -0.25) is 14.6 Å². The predicted octanol–water partition coefficient (Wildman–Crippen LogP) is 2.20. The van der Waals surface area contributed by atoms with Gasteiger partial charge in [0.05, 0.1) is 35.0 Å². The summed E-state index contributed by atoms with van der Waals surface area (Å²) in [6.45, 7) is 0.445. The Kier molecular flexibility index (Phi) is 3.94. The molecule has 0 radical (unpaired) electrons. The first-order valence-corrected chi connectivity index (χ1v) is 8.32. The van der Waals surface area contributed by atoms with E-state index < -0.39 is 17.7 Å². The molecule has 1 saturated heterocycles. The number of hydrogen-bond acceptors (Lipinski definition) is 5. The van der Waals surface area contributed by atoms with Crippen LogP contribution in [-0.4, -0.2) is 43.7 Å². The Morgan fingerprint density at radius 2 is 1.88 bits per heavy atom. The van der Waals surface area contributed by atoms with Crippen LogP contribution in [0.3, 0.4) is 0 Å². The molecule has 0 N–H and O–H groups in total. The standard InChI is InChI=1S/C17H13BrFNO4/c18-9-3-8(1-2-10(9)19)15-16-11(4-23-6-13(16)21)20-12-5-24-7-14(22)17(12)15/h1-3,15-16H,4-7H2. The molecule has 3 aliphatic heterocycles. The van der Waals surface area contributed by atoms with Gasteiger partial charge in [-0.2, -0.15) is 0 Å². The van der Waals surface area contributed by atoms with E-state index in [0.29, 0.717) is 27.0 Å². The normalized spacial score (nSPS) is 26.8. The molecular weight excluding hydrogens is 381 g/mol. The minimum Gasteiger partial charge on any atom is -0.368 e. The summed E-state index contributed by atoms with van der Waals surface area (Å²) in [5.41, 5.74) is 2.36. The molecule has 2 unspecified atom stereocenters. The molecule has 5 nitrogen and oxygen atoms in total. The zero-order valence-corrected chi connectivity index (χ0v) is 14.1. The topological polar surface area (TPSA) is 65.0 Å². The largest absolute Gasteiger partial charge is 0.368 e. The van der Waals surface area contributed by atoms with Crippen LogP contribution in [0.2, 0.25) is 0 Å². The lowest BCUT2D eigenvalue weighted by Crippen LogP contribution is -2.45. The molecule has 1 aromatic carbocycles. The number of ether oxygens (including phenoxy) is 2. The van der Waals surface area contributed by atoms with Crippen molar-refractivity contribution in [2.75, 3.05) is 26.4 Å². The fourth-order valence-corrected chi connectivity index (χ4v) is 3.91. The summed E-state index contributed by atoms with van der Waals surface area (Å²) in [7, 11) is 0. The van der Waals surface area contributed by atoms with Crippen molar-refractivity contribution in [3.8, 4) is 0 Å². The Morgan fingerprint density at radius 3 is 2.67 bits per heavy atom. The summed E-state index contributed by atoms with van der Waals surface area (Å²) < 4.78 is 24.5. The SMILES string of the molecule is O=C1COCC2=C1C(c1ccc(F)c(Br)c1)C1C(=O)COCC1=N2. The highest BCUT2D eigenvalue weighted by Gasteiger charge is 2.45. The van der Waals surface area contributed by atoms with Gasteiger partial charge in [-0.1, -0.05) is 6.07 Å². The summed E-state index contributed by atoms with van der Waals surface area (Å²) in [6, 6.07) is 4.57. The molecule has 0 spiro atoms. The number of hydrogen-bond donors (Lipinski definition) is 0. The lowest BCUT2D eigenvalue weighted by molar-refractivity contribution is -0.127. The second-order valence-electron chi connectivity index (χ2n) is 5.97. The summed E-state index contributed by atoms with van der Waals surface area (Å²) in [5, 5.41) is 0. The second-order valence-corrected chi connectivity index (χ2v) is 6.82. The van der Waals surface area contributed by atoms with E-state index in [0.717, 1.165) is 0 Å². The van der Waals surface area contributed by atoms with E-state index >= 15 is 0 Å². The van der Waals surface area contributed by atoms with Gasteiger partial charge < -0.3 is 9.47 Å². The number of carbonyl (C=O) groups is 2. The Morgan fingerprint density at radius 1 is 1.08 bits per heavy atom. The molecule has 0 aliphatic carbocycles. The quantitative estimate of drug-likeness (QED) is 0.733. The first-order valence-electron chi connectivity index (χ1n) is 7.53. The van der Waals surface area contributed by atoms with Gasteiger partial charge in [0.15, 0.2) is 11.6 Å². The van der Waals surface area contributed by atoms with E-state index in [1.807, 2.05) is 0 Å². The Bertz CT molecular complexity index is 817. The van der Waals surface area contributed by atoms with Crippen LogP contribution in [0, 0.1) is 11.7 Å². The van der Waals surface area contributed by atoms with Gasteiger partial charge in [-0.15, -0.1) is 0 Å². The highest BCUT2D eigenvalue weighted by Crippen LogP contribution is 2.42. The summed E-state index contributed by atoms with van der Waals surface area (Å²) in [5.74, 6) is -1.71. The van der Waals surface area contributed by atoms with Gasteiger partial charge in [-0.25, -0.2) is 4.39 Å². The number of halogens is 2. The summed E-state index contributed by atoms with van der Waals surface area (Å²) >= 11 is 3.18. The third-order valence-corrected chi connectivity index (χ3v) is 5.12. The highest BCUT2D eigenvalue weighted by atomic mass is 79.9. The highest BCUT2D eigenvalue weighted by molar-refractivity contribution is 9.10. The molecule has 3 heterocycles. The van der Waals surface area contributed by atoms with E-state index in [1.165, 1.54) is 6.07 Å². The summed E-state index contributed by atoms with van der Waals surface area (Å²) in [6.07, 6.45) is 0.